The molecule has 0 spiro atoms. The molecule has 2 unspecified atom stereocenters. The first kappa shape index (κ1) is 11.9. The summed E-state index contributed by atoms with van der Waals surface area (Å²) >= 11 is 0. The van der Waals surface area contributed by atoms with Crippen LogP contribution in [0.3, 0.4) is 0 Å². The third-order valence-corrected chi connectivity index (χ3v) is 4.06. The van der Waals surface area contributed by atoms with E-state index in [2.05, 4.69) is 4.90 Å². The molecule has 16 heavy (non-hydrogen) atoms. The van der Waals surface area contributed by atoms with Gasteiger partial charge in [0.1, 0.15) is 5.54 Å². The summed E-state index contributed by atoms with van der Waals surface area (Å²) in [7, 11) is 1.70. The minimum absolute atomic E-state index is 0.300. The van der Waals surface area contributed by atoms with Crippen LogP contribution in [0.5, 0.6) is 0 Å². The fourth-order valence-electron chi connectivity index (χ4n) is 2.88. The molecule has 0 aromatic carbocycles. The fourth-order valence-corrected chi connectivity index (χ4v) is 2.88. The van der Waals surface area contributed by atoms with Crippen molar-refractivity contribution in [3.63, 3.8) is 0 Å². The van der Waals surface area contributed by atoms with Crippen molar-refractivity contribution in [2.75, 3.05) is 20.3 Å². The molecule has 1 aliphatic heterocycles. The Labute approximate surface area is 96.6 Å². The van der Waals surface area contributed by atoms with Crippen LogP contribution < -0.4 is 0 Å². The number of nitrogens with zero attached hydrogens (tertiary/aromatic N) is 1. The van der Waals surface area contributed by atoms with Gasteiger partial charge in [0.25, 0.3) is 0 Å². The van der Waals surface area contributed by atoms with Gasteiger partial charge in [-0.15, -0.1) is 0 Å². The van der Waals surface area contributed by atoms with E-state index in [1.807, 2.05) is 6.92 Å². The minimum atomic E-state index is -0.688. The fraction of sp³-hybridized carbons (Fsp3) is 0.917. The van der Waals surface area contributed by atoms with Crippen LogP contribution in [-0.4, -0.2) is 47.8 Å². The first-order valence-electron chi connectivity index (χ1n) is 6.08. The van der Waals surface area contributed by atoms with Crippen molar-refractivity contribution in [3.8, 4) is 0 Å². The van der Waals surface area contributed by atoms with Gasteiger partial charge in [-0.1, -0.05) is 0 Å². The van der Waals surface area contributed by atoms with Gasteiger partial charge in [-0.2, -0.15) is 0 Å². The predicted molar refractivity (Wildman–Crippen MR) is 60.4 cm³/mol. The largest absolute Gasteiger partial charge is 0.480 e. The van der Waals surface area contributed by atoms with Crippen molar-refractivity contribution < 1.29 is 14.6 Å². The molecule has 1 N–H and O–H groups in total. The molecule has 92 valence electrons. The number of carbonyl (C=O) groups is 1. The van der Waals surface area contributed by atoms with Crippen LogP contribution in [0.2, 0.25) is 0 Å². The number of methoxy groups -OCH3 is 1. The maximum absolute atomic E-state index is 11.4. The first-order chi connectivity index (χ1) is 7.59. The van der Waals surface area contributed by atoms with Crippen LogP contribution in [0.1, 0.15) is 32.6 Å². The van der Waals surface area contributed by atoms with E-state index in [1.165, 1.54) is 12.8 Å². The Morgan fingerprint density at radius 3 is 2.81 bits per heavy atom. The molecule has 0 bridgehead atoms. The average molecular weight is 227 g/mol. The zero-order chi connectivity index (χ0) is 11.8. The van der Waals surface area contributed by atoms with Crippen molar-refractivity contribution in [3.05, 3.63) is 0 Å². The third-order valence-electron chi connectivity index (χ3n) is 4.06. The number of carboxylic acids is 1. The van der Waals surface area contributed by atoms with E-state index in [0.29, 0.717) is 18.6 Å². The number of hydrogen-bond donors (Lipinski definition) is 1. The Balaban J connectivity index is 2.13. The van der Waals surface area contributed by atoms with E-state index in [4.69, 9.17) is 4.74 Å². The van der Waals surface area contributed by atoms with Crippen LogP contribution in [0.4, 0.5) is 0 Å². The molecule has 2 rings (SSSR count). The summed E-state index contributed by atoms with van der Waals surface area (Å²) in [5, 5.41) is 9.38. The lowest BCUT2D eigenvalue weighted by Gasteiger charge is -2.37. The molecule has 2 aliphatic rings. The summed E-state index contributed by atoms with van der Waals surface area (Å²) in [5.74, 6) is -0.0384. The van der Waals surface area contributed by atoms with Crippen molar-refractivity contribution in [1.29, 1.82) is 0 Å². The summed E-state index contributed by atoms with van der Waals surface area (Å²) in [5.41, 5.74) is -0.675. The highest BCUT2D eigenvalue weighted by molar-refractivity contribution is 5.78. The molecule has 1 heterocycles. The molecule has 1 aliphatic carbocycles. The zero-order valence-electron chi connectivity index (χ0n) is 10.1. The van der Waals surface area contributed by atoms with Crippen molar-refractivity contribution in [1.82, 2.24) is 4.90 Å². The second-order valence-electron chi connectivity index (χ2n) is 5.24. The topological polar surface area (TPSA) is 49.8 Å². The first-order valence-corrected chi connectivity index (χ1v) is 6.08. The normalized spacial score (nSPS) is 32.9. The Hall–Kier alpha value is -0.610. The number of hydrogen-bond acceptors (Lipinski definition) is 3. The summed E-state index contributed by atoms with van der Waals surface area (Å²) in [6.07, 6.45) is 4.19. The number of likely N-dealkylation sites (tertiary alicyclic amines) is 1. The summed E-state index contributed by atoms with van der Waals surface area (Å²) in [6.45, 7) is 3.41. The average Bonchev–Trinajstić information content (AvgIpc) is 2.99. The van der Waals surface area contributed by atoms with Gasteiger partial charge in [-0.25, -0.2) is 0 Å². The molecule has 0 radical (unpaired) electrons. The number of ether oxygens (including phenoxy) is 1. The van der Waals surface area contributed by atoms with Crippen LogP contribution in [0.25, 0.3) is 0 Å². The zero-order valence-corrected chi connectivity index (χ0v) is 10.1. The minimum Gasteiger partial charge on any atom is -0.480 e. The maximum atomic E-state index is 11.4. The van der Waals surface area contributed by atoms with Crippen molar-refractivity contribution in [2.24, 2.45) is 5.92 Å². The molecular weight excluding hydrogens is 206 g/mol. The Morgan fingerprint density at radius 1 is 1.62 bits per heavy atom. The van der Waals surface area contributed by atoms with Crippen LogP contribution in [-0.2, 0) is 9.53 Å². The molecular formula is C12H21NO3. The van der Waals surface area contributed by atoms with E-state index < -0.39 is 11.5 Å². The van der Waals surface area contributed by atoms with E-state index in [1.54, 1.807) is 7.11 Å². The van der Waals surface area contributed by atoms with Crippen molar-refractivity contribution >= 4 is 5.97 Å². The molecule has 0 aromatic heterocycles. The second-order valence-corrected chi connectivity index (χ2v) is 5.24. The lowest BCUT2D eigenvalue weighted by molar-refractivity contribution is -0.151. The summed E-state index contributed by atoms with van der Waals surface area (Å²) < 4.78 is 5.26. The molecule has 0 aromatic rings. The SMILES string of the molecule is COCC(C1CC1)N1CCCC1(C)C(=O)O. The van der Waals surface area contributed by atoms with Crippen LogP contribution in [0.15, 0.2) is 0 Å². The quantitative estimate of drug-likeness (QED) is 0.770. The smallest absolute Gasteiger partial charge is 0.323 e. The van der Waals surface area contributed by atoms with E-state index in [9.17, 15) is 9.90 Å². The van der Waals surface area contributed by atoms with E-state index in [-0.39, 0.29) is 0 Å². The van der Waals surface area contributed by atoms with Gasteiger partial charge in [-0.3, -0.25) is 9.69 Å². The van der Waals surface area contributed by atoms with Gasteiger partial charge in [0.15, 0.2) is 0 Å². The highest BCUT2D eigenvalue weighted by atomic mass is 16.5. The van der Waals surface area contributed by atoms with Crippen molar-refractivity contribution in [2.45, 2.75) is 44.2 Å². The van der Waals surface area contributed by atoms with Gasteiger partial charge >= 0.3 is 5.97 Å². The molecule has 0 amide bonds. The summed E-state index contributed by atoms with van der Waals surface area (Å²) in [6, 6.07) is 0.300. The van der Waals surface area contributed by atoms with Crippen LogP contribution in [0, 0.1) is 5.92 Å². The van der Waals surface area contributed by atoms with Gasteiger partial charge in [0.05, 0.1) is 6.61 Å². The predicted octanol–water partition coefficient (Wildman–Crippen LogP) is 1.35. The molecule has 2 atom stereocenters. The molecule has 4 heteroatoms. The monoisotopic (exact) mass is 227 g/mol. The molecule has 1 saturated heterocycles. The number of rotatable bonds is 5. The summed E-state index contributed by atoms with van der Waals surface area (Å²) in [4.78, 5) is 13.6. The van der Waals surface area contributed by atoms with Gasteiger partial charge in [-0.05, 0) is 45.1 Å². The molecule has 4 nitrogen and oxygen atoms in total. The highest BCUT2D eigenvalue weighted by Gasteiger charge is 2.49. The second kappa shape index (κ2) is 4.34. The number of carboxylic acid groups (broad SMARTS) is 1. The van der Waals surface area contributed by atoms with E-state index in [0.717, 1.165) is 19.4 Å². The Morgan fingerprint density at radius 2 is 2.31 bits per heavy atom. The lowest BCUT2D eigenvalue weighted by atomic mass is 9.96. The number of aliphatic carboxylic acids is 1. The molecule has 1 saturated carbocycles. The van der Waals surface area contributed by atoms with E-state index >= 15 is 0 Å². The third kappa shape index (κ3) is 1.96. The van der Waals surface area contributed by atoms with Gasteiger partial charge in [0, 0.05) is 13.2 Å². The van der Waals surface area contributed by atoms with Crippen LogP contribution >= 0.6 is 0 Å². The maximum Gasteiger partial charge on any atom is 0.323 e. The molecule has 2 fully saturated rings. The van der Waals surface area contributed by atoms with Gasteiger partial charge in [0.2, 0.25) is 0 Å². The lowest BCUT2D eigenvalue weighted by Crippen LogP contribution is -2.54. The Bertz CT molecular complexity index is 277. The standard InChI is InChI=1S/C12H21NO3/c1-12(11(14)15)6-3-7-13(12)10(8-16-2)9-4-5-9/h9-10H,3-8H2,1-2H3,(H,14,15). The van der Waals surface area contributed by atoms with Gasteiger partial charge < -0.3 is 9.84 Å². The highest BCUT2D eigenvalue weighted by Crippen LogP contribution is 2.41. The Kier molecular flexibility index (Phi) is 3.22.